The van der Waals surface area contributed by atoms with Gasteiger partial charge in [0.25, 0.3) is 0 Å². The standard InChI is InChI=1S/C21H25Cl2N3O/c1-15-3-2-4-16(11-15)13-25-7-9-26(10-8-25)21(20(24)14-27)18-6-5-17(22)12-19(18)23/h2-6,11-12,14,20-21H,7-10,13,24H2,1H3. The molecule has 0 aromatic heterocycles. The molecule has 1 aliphatic heterocycles. The lowest BCUT2D eigenvalue weighted by Gasteiger charge is -2.41. The summed E-state index contributed by atoms with van der Waals surface area (Å²) in [5.41, 5.74) is 9.60. The zero-order chi connectivity index (χ0) is 19.4. The van der Waals surface area contributed by atoms with Crippen LogP contribution >= 0.6 is 23.2 Å². The van der Waals surface area contributed by atoms with E-state index in [0.717, 1.165) is 44.6 Å². The van der Waals surface area contributed by atoms with Crippen LogP contribution in [-0.4, -0.2) is 48.3 Å². The average molecular weight is 406 g/mol. The maximum Gasteiger partial charge on any atom is 0.138 e. The Morgan fingerprint density at radius 1 is 1.11 bits per heavy atom. The van der Waals surface area contributed by atoms with Crippen LogP contribution in [0.2, 0.25) is 10.0 Å². The van der Waals surface area contributed by atoms with Crippen LogP contribution in [0, 0.1) is 6.92 Å². The van der Waals surface area contributed by atoms with Crippen molar-refractivity contribution in [3.8, 4) is 0 Å². The summed E-state index contributed by atoms with van der Waals surface area (Å²) in [6.45, 7) is 6.54. The van der Waals surface area contributed by atoms with Crippen LogP contribution in [0.25, 0.3) is 0 Å². The Labute approximate surface area is 170 Å². The van der Waals surface area contributed by atoms with Crippen LogP contribution in [0.5, 0.6) is 0 Å². The molecule has 1 saturated heterocycles. The predicted octanol–water partition coefficient (Wildman–Crippen LogP) is 3.69. The third-order valence-electron chi connectivity index (χ3n) is 5.09. The topological polar surface area (TPSA) is 49.6 Å². The minimum absolute atomic E-state index is 0.242. The van der Waals surface area contributed by atoms with Crippen LogP contribution in [0.3, 0.4) is 0 Å². The Morgan fingerprint density at radius 2 is 1.85 bits per heavy atom. The lowest BCUT2D eigenvalue weighted by molar-refractivity contribution is -0.110. The van der Waals surface area contributed by atoms with Crippen LogP contribution in [-0.2, 0) is 11.3 Å². The molecule has 27 heavy (non-hydrogen) atoms. The van der Waals surface area contributed by atoms with E-state index in [1.165, 1.54) is 11.1 Å². The number of nitrogens with two attached hydrogens (primary N) is 1. The summed E-state index contributed by atoms with van der Waals surface area (Å²) >= 11 is 12.4. The number of hydrogen-bond acceptors (Lipinski definition) is 4. The summed E-state index contributed by atoms with van der Waals surface area (Å²) in [5, 5.41) is 1.12. The molecule has 144 valence electrons. The van der Waals surface area contributed by atoms with Crippen molar-refractivity contribution in [1.82, 2.24) is 9.80 Å². The van der Waals surface area contributed by atoms with Gasteiger partial charge < -0.3 is 10.5 Å². The molecule has 0 saturated carbocycles. The molecule has 6 heteroatoms. The normalized spacial score (nSPS) is 18.2. The van der Waals surface area contributed by atoms with Crippen molar-refractivity contribution in [3.63, 3.8) is 0 Å². The first-order valence-corrected chi connectivity index (χ1v) is 9.91. The molecular weight excluding hydrogens is 381 g/mol. The van der Waals surface area contributed by atoms with Crippen molar-refractivity contribution in [1.29, 1.82) is 0 Å². The highest BCUT2D eigenvalue weighted by Crippen LogP contribution is 2.32. The zero-order valence-corrected chi connectivity index (χ0v) is 17.0. The summed E-state index contributed by atoms with van der Waals surface area (Å²) in [7, 11) is 0. The molecule has 4 nitrogen and oxygen atoms in total. The Hall–Kier alpha value is -1.43. The van der Waals surface area contributed by atoms with Crippen molar-refractivity contribution in [2.24, 2.45) is 5.73 Å². The van der Waals surface area contributed by atoms with E-state index in [1.807, 2.05) is 6.07 Å². The minimum Gasteiger partial charge on any atom is -0.320 e. The number of hydrogen-bond donors (Lipinski definition) is 1. The van der Waals surface area contributed by atoms with Crippen molar-refractivity contribution < 1.29 is 4.79 Å². The van der Waals surface area contributed by atoms with Crippen LogP contribution in [0.4, 0.5) is 0 Å². The smallest absolute Gasteiger partial charge is 0.138 e. The second kappa shape index (κ2) is 9.18. The van der Waals surface area contributed by atoms with Gasteiger partial charge in [0.15, 0.2) is 0 Å². The van der Waals surface area contributed by atoms with E-state index in [1.54, 1.807) is 12.1 Å². The Kier molecular flexibility index (Phi) is 6.90. The second-order valence-corrected chi connectivity index (χ2v) is 7.97. The van der Waals surface area contributed by atoms with E-state index in [-0.39, 0.29) is 6.04 Å². The SMILES string of the molecule is Cc1cccc(CN2CCN(C(c3ccc(Cl)cc3Cl)C(N)C=O)CC2)c1. The molecular formula is C21H25Cl2N3O. The monoisotopic (exact) mass is 405 g/mol. The number of aryl methyl sites for hydroxylation is 1. The Bertz CT molecular complexity index is 791. The fourth-order valence-electron chi connectivity index (χ4n) is 3.73. The summed E-state index contributed by atoms with van der Waals surface area (Å²) < 4.78 is 0. The van der Waals surface area contributed by atoms with Gasteiger partial charge in [0.05, 0.1) is 12.1 Å². The molecule has 1 aliphatic rings. The van der Waals surface area contributed by atoms with Gasteiger partial charge >= 0.3 is 0 Å². The van der Waals surface area contributed by atoms with E-state index in [2.05, 4.69) is 41.0 Å². The second-order valence-electron chi connectivity index (χ2n) is 7.13. The number of aldehydes is 1. The highest BCUT2D eigenvalue weighted by atomic mass is 35.5. The zero-order valence-electron chi connectivity index (χ0n) is 15.4. The van der Waals surface area contributed by atoms with Crippen molar-refractivity contribution >= 4 is 29.5 Å². The number of benzene rings is 2. The van der Waals surface area contributed by atoms with Gasteiger partial charge in [0, 0.05) is 42.8 Å². The third kappa shape index (κ3) is 5.09. The number of rotatable bonds is 6. The molecule has 0 bridgehead atoms. The maximum absolute atomic E-state index is 11.4. The van der Waals surface area contributed by atoms with Gasteiger partial charge in [-0.25, -0.2) is 0 Å². The fraction of sp³-hybridized carbons (Fsp3) is 0.381. The number of carbonyl (C=O) groups excluding carboxylic acids is 1. The highest BCUT2D eigenvalue weighted by Gasteiger charge is 2.31. The van der Waals surface area contributed by atoms with E-state index >= 15 is 0 Å². The van der Waals surface area contributed by atoms with E-state index in [9.17, 15) is 4.79 Å². The van der Waals surface area contributed by atoms with Gasteiger partial charge in [0.1, 0.15) is 6.29 Å². The maximum atomic E-state index is 11.4. The van der Waals surface area contributed by atoms with E-state index < -0.39 is 6.04 Å². The first-order chi connectivity index (χ1) is 13.0. The lowest BCUT2D eigenvalue weighted by atomic mass is 9.98. The number of halogens is 2. The summed E-state index contributed by atoms with van der Waals surface area (Å²) in [4.78, 5) is 16.1. The van der Waals surface area contributed by atoms with Gasteiger partial charge in [-0.05, 0) is 30.2 Å². The summed E-state index contributed by atoms with van der Waals surface area (Å²) in [6, 6.07) is 13.1. The van der Waals surface area contributed by atoms with Crippen molar-refractivity contribution in [3.05, 3.63) is 69.2 Å². The number of piperazine rings is 1. The molecule has 3 rings (SSSR count). The van der Waals surface area contributed by atoms with Crippen LogP contribution in [0.15, 0.2) is 42.5 Å². The first-order valence-electron chi connectivity index (χ1n) is 9.15. The number of nitrogens with zero attached hydrogens (tertiary/aromatic N) is 2. The predicted molar refractivity (Wildman–Crippen MR) is 111 cm³/mol. The molecule has 0 amide bonds. The van der Waals surface area contributed by atoms with Crippen molar-refractivity contribution in [2.45, 2.75) is 25.6 Å². The van der Waals surface area contributed by atoms with Crippen molar-refractivity contribution in [2.75, 3.05) is 26.2 Å². The van der Waals surface area contributed by atoms with Crippen LogP contribution < -0.4 is 5.73 Å². The molecule has 2 atom stereocenters. The lowest BCUT2D eigenvalue weighted by Crippen LogP contribution is -2.51. The minimum atomic E-state index is -0.632. The molecule has 2 aromatic rings. The molecule has 2 aromatic carbocycles. The fourth-order valence-corrected chi connectivity index (χ4v) is 4.25. The van der Waals surface area contributed by atoms with Gasteiger partial charge in [-0.3, -0.25) is 9.80 Å². The molecule has 0 radical (unpaired) electrons. The van der Waals surface area contributed by atoms with Crippen LogP contribution in [0.1, 0.15) is 22.7 Å². The third-order valence-corrected chi connectivity index (χ3v) is 5.65. The van der Waals surface area contributed by atoms with Gasteiger partial charge in [-0.1, -0.05) is 59.1 Å². The summed E-state index contributed by atoms with van der Waals surface area (Å²) in [5.74, 6) is 0. The quantitative estimate of drug-likeness (QED) is 0.744. The number of carbonyl (C=O) groups is 1. The Balaban J connectivity index is 1.70. The van der Waals surface area contributed by atoms with Gasteiger partial charge in [-0.2, -0.15) is 0 Å². The van der Waals surface area contributed by atoms with Gasteiger partial charge in [0.2, 0.25) is 0 Å². The van der Waals surface area contributed by atoms with Gasteiger partial charge in [-0.15, -0.1) is 0 Å². The highest BCUT2D eigenvalue weighted by molar-refractivity contribution is 6.35. The van der Waals surface area contributed by atoms with E-state index in [0.29, 0.717) is 10.0 Å². The molecule has 2 N–H and O–H groups in total. The van der Waals surface area contributed by atoms with E-state index in [4.69, 9.17) is 28.9 Å². The summed E-state index contributed by atoms with van der Waals surface area (Å²) in [6.07, 6.45) is 0.800. The first kappa shape index (κ1) is 20.3. The molecule has 2 unspecified atom stereocenters. The average Bonchev–Trinajstić information content (AvgIpc) is 2.65. The molecule has 1 fully saturated rings. The molecule has 0 spiro atoms. The largest absolute Gasteiger partial charge is 0.320 e. The molecule has 0 aliphatic carbocycles. The molecule has 1 heterocycles. The Morgan fingerprint density at radius 3 is 2.48 bits per heavy atom.